The minimum absolute atomic E-state index is 0.0186. The average Bonchev–Trinajstić information content (AvgIpc) is 3.02. The molecule has 2 bridgehead atoms. The molecular formula is C40H57NO7. The number of fused-ring (bicyclic) bond motifs is 3. The number of benzene rings is 1. The van der Waals surface area contributed by atoms with Crippen molar-refractivity contribution in [2.75, 3.05) is 19.8 Å². The van der Waals surface area contributed by atoms with Gasteiger partial charge in [0.15, 0.2) is 5.78 Å². The summed E-state index contributed by atoms with van der Waals surface area (Å²) in [5.74, 6) is -1.54. The van der Waals surface area contributed by atoms with Crippen molar-refractivity contribution in [1.82, 2.24) is 0 Å². The molecule has 1 unspecified atom stereocenters. The summed E-state index contributed by atoms with van der Waals surface area (Å²) in [5.41, 5.74) is 5.49. The fourth-order valence-electron chi connectivity index (χ4n) is 12.0. The number of carboxylic acid groups (broad SMARTS) is 1. The fourth-order valence-corrected chi connectivity index (χ4v) is 12.0. The van der Waals surface area contributed by atoms with E-state index in [1.54, 1.807) is 0 Å². The first-order valence-corrected chi connectivity index (χ1v) is 18.1. The van der Waals surface area contributed by atoms with E-state index in [0.29, 0.717) is 25.6 Å². The van der Waals surface area contributed by atoms with Crippen molar-refractivity contribution in [3.8, 4) is 0 Å². The van der Waals surface area contributed by atoms with Crippen LogP contribution in [0.4, 0.5) is 0 Å². The van der Waals surface area contributed by atoms with E-state index in [1.165, 1.54) is 6.92 Å². The lowest BCUT2D eigenvalue weighted by molar-refractivity contribution is -0.266. The van der Waals surface area contributed by atoms with Crippen LogP contribution in [-0.2, 0) is 28.6 Å². The summed E-state index contributed by atoms with van der Waals surface area (Å²) in [5, 5.41) is 10.9. The summed E-state index contributed by atoms with van der Waals surface area (Å²) in [6, 6.07) is 9.52. The van der Waals surface area contributed by atoms with Crippen LogP contribution in [0, 0.1) is 56.7 Å². The lowest BCUT2D eigenvalue weighted by Gasteiger charge is -2.70. The summed E-state index contributed by atoms with van der Waals surface area (Å²) >= 11 is 0. The standard InChI is InChI=1S/C40H57NO7/c1-23(2)24(3)36(5)16-17-38(7)27-14-15-31-37(6)21-46-22-40(31,28(27)18-32(43)39(38,8)33(36)35(44)45)19-30(48-25(4)42)34(37)47-20-29(41)26-12-10-9-11-13-26/h9-13,18,23-24,27,29-31,33-34H,14-17,19-22,41H2,1-8H3,(H,44,45)/t24-,27+,29?,30-,31+,33-,34+,36-,37+,38-,39+,40-/m1/s1. The molecule has 5 aliphatic rings. The SMILES string of the molecule is CC(=O)O[C@@H]1C[C@]23COC[C@@](C)([C@@H]2CC[C@H]2C3=CC(=O)[C@@]3(C)[C@H](C(=O)O)[C@@](C)([C@H](C)C(C)C)CC[C@]23C)[C@H]1OCC(N)c1ccccc1. The van der Waals surface area contributed by atoms with Crippen molar-refractivity contribution in [3.05, 3.63) is 47.5 Å². The molecule has 1 aromatic carbocycles. The number of ketones is 1. The second-order valence-corrected chi connectivity index (χ2v) is 17.4. The van der Waals surface area contributed by atoms with Gasteiger partial charge in [-0.25, -0.2) is 0 Å². The van der Waals surface area contributed by atoms with Crippen LogP contribution < -0.4 is 5.73 Å². The third-order valence-corrected chi connectivity index (χ3v) is 14.9. The Labute approximate surface area is 286 Å². The fraction of sp³-hybridized carbons (Fsp3) is 0.725. The van der Waals surface area contributed by atoms with Gasteiger partial charge in [0.1, 0.15) is 12.2 Å². The average molecular weight is 664 g/mol. The van der Waals surface area contributed by atoms with Crippen LogP contribution in [0.5, 0.6) is 0 Å². The number of esters is 1. The van der Waals surface area contributed by atoms with Crippen LogP contribution >= 0.6 is 0 Å². The van der Waals surface area contributed by atoms with Gasteiger partial charge in [0.2, 0.25) is 0 Å². The summed E-state index contributed by atoms with van der Waals surface area (Å²) in [4.78, 5) is 40.8. The molecule has 0 radical (unpaired) electrons. The number of nitrogens with two attached hydrogens (primary N) is 1. The number of ether oxygens (including phenoxy) is 3. The molecule has 48 heavy (non-hydrogen) atoms. The molecule has 0 aromatic heterocycles. The monoisotopic (exact) mass is 663 g/mol. The Bertz CT molecular complexity index is 1470. The van der Waals surface area contributed by atoms with Crippen LogP contribution in [0.25, 0.3) is 0 Å². The number of carbonyl (C=O) groups excluding carboxylic acids is 2. The van der Waals surface area contributed by atoms with E-state index in [0.717, 1.165) is 36.8 Å². The quantitative estimate of drug-likeness (QED) is 0.292. The van der Waals surface area contributed by atoms with Crippen molar-refractivity contribution in [3.63, 3.8) is 0 Å². The second kappa shape index (κ2) is 12.1. The minimum Gasteiger partial charge on any atom is -0.481 e. The largest absolute Gasteiger partial charge is 0.481 e. The van der Waals surface area contributed by atoms with Crippen molar-refractivity contribution in [2.45, 2.75) is 106 Å². The highest BCUT2D eigenvalue weighted by Gasteiger charge is 2.74. The van der Waals surface area contributed by atoms with E-state index in [2.05, 4.69) is 41.5 Å². The van der Waals surface area contributed by atoms with Gasteiger partial charge in [0, 0.05) is 23.2 Å². The molecule has 6 rings (SSSR count). The molecule has 3 N–H and O–H groups in total. The smallest absolute Gasteiger partial charge is 0.308 e. The van der Waals surface area contributed by atoms with E-state index < -0.39 is 51.2 Å². The minimum atomic E-state index is -1.06. The van der Waals surface area contributed by atoms with Gasteiger partial charge in [-0.2, -0.15) is 0 Å². The number of carboxylic acids is 1. The molecule has 1 aliphatic heterocycles. The van der Waals surface area contributed by atoms with Gasteiger partial charge in [-0.1, -0.05) is 84.4 Å². The van der Waals surface area contributed by atoms with E-state index in [1.807, 2.05) is 43.3 Å². The lowest BCUT2D eigenvalue weighted by atomic mass is 9.34. The van der Waals surface area contributed by atoms with E-state index in [-0.39, 0.29) is 42.2 Å². The van der Waals surface area contributed by atoms with Crippen LogP contribution in [0.1, 0.15) is 99.1 Å². The second-order valence-electron chi connectivity index (χ2n) is 17.4. The highest BCUT2D eigenvalue weighted by atomic mass is 16.6. The molecule has 264 valence electrons. The van der Waals surface area contributed by atoms with Crippen LogP contribution in [0.3, 0.4) is 0 Å². The maximum Gasteiger partial charge on any atom is 0.308 e. The summed E-state index contributed by atoms with van der Waals surface area (Å²) in [7, 11) is 0. The Kier molecular flexibility index (Phi) is 8.86. The first kappa shape index (κ1) is 35.3. The van der Waals surface area contributed by atoms with Gasteiger partial charge >= 0.3 is 11.9 Å². The van der Waals surface area contributed by atoms with E-state index in [4.69, 9.17) is 19.9 Å². The predicted octanol–water partition coefficient (Wildman–Crippen LogP) is 6.77. The third-order valence-electron chi connectivity index (χ3n) is 14.9. The summed E-state index contributed by atoms with van der Waals surface area (Å²) in [6.07, 6.45) is 4.66. The number of carbonyl (C=O) groups is 3. The molecule has 0 spiro atoms. The van der Waals surface area contributed by atoms with Crippen LogP contribution in [-0.4, -0.2) is 54.9 Å². The Morgan fingerprint density at radius 1 is 1.04 bits per heavy atom. The zero-order valence-corrected chi connectivity index (χ0v) is 30.2. The van der Waals surface area contributed by atoms with Crippen molar-refractivity contribution < 1.29 is 33.7 Å². The van der Waals surface area contributed by atoms with Gasteiger partial charge in [-0.3, -0.25) is 14.4 Å². The Balaban J connectivity index is 1.41. The molecule has 4 fully saturated rings. The molecule has 0 amide bonds. The first-order valence-electron chi connectivity index (χ1n) is 18.1. The first-order chi connectivity index (χ1) is 22.5. The van der Waals surface area contributed by atoms with Crippen LogP contribution in [0.15, 0.2) is 42.0 Å². The van der Waals surface area contributed by atoms with Crippen LogP contribution in [0.2, 0.25) is 0 Å². The van der Waals surface area contributed by atoms with E-state index >= 15 is 0 Å². The molecule has 3 saturated carbocycles. The molecule has 1 aromatic rings. The predicted molar refractivity (Wildman–Crippen MR) is 183 cm³/mol. The normalized spacial score (nSPS) is 43.2. The highest BCUT2D eigenvalue weighted by molar-refractivity contribution is 6.00. The molecule has 1 heterocycles. The van der Waals surface area contributed by atoms with Gasteiger partial charge in [0.25, 0.3) is 0 Å². The molecule has 1 saturated heterocycles. The Hall–Kier alpha value is -2.55. The zero-order valence-electron chi connectivity index (χ0n) is 30.2. The number of rotatable bonds is 8. The Morgan fingerprint density at radius 3 is 2.35 bits per heavy atom. The van der Waals surface area contributed by atoms with Gasteiger partial charge < -0.3 is 25.1 Å². The van der Waals surface area contributed by atoms with E-state index in [9.17, 15) is 19.5 Å². The Morgan fingerprint density at radius 2 is 1.73 bits per heavy atom. The number of hydrogen-bond donors (Lipinski definition) is 2. The summed E-state index contributed by atoms with van der Waals surface area (Å²) in [6.45, 7) is 17.5. The van der Waals surface area contributed by atoms with Gasteiger partial charge in [-0.15, -0.1) is 0 Å². The number of allylic oxidation sites excluding steroid dienone is 1. The van der Waals surface area contributed by atoms with Crippen molar-refractivity contribution in [2.24, 2.45) is 62.4 Å². The lowest BCUT2D eigenvalue weighted by Crippen LogP contribution is -2.71. The molecule has 8 heteroatoms. The summed E-state index contributed by atoms with van der Waals surface area (Å²) < 4.78 is 19.3. The van der Waals surface area contributed by atoms with Gasteiger partial charge in [-0.05, 0) is 78.2 Å². The molecule has 12 atom stereocenters. The topological polar surface area (TPSA) is 125 Å². The zero-order chi connectivity index (χ0) is 35.0. The molecular weight excluding hydrogens is 606 g/mol. The van der Waals surface area contributed by atoms with Gasteiger partial charge in [0.05, 0.1) is 31.8 Å². The highest BCUT2D eigenvalue weighted by Crippen LogP contribution is 2.74. The third kappa shape index (κ3) is 4.90. The van der Waals surface area contributed by atoms with Crippen molar-refractivity contribution in [1.29, 1.82) is 0 Å². The molecule has 4 aliphatic carbocycles. The van der Waals surface area contributed by atoms with Crippen molar-refractivity contribution >= 4 is 17.7 Å². The number of hydrogen-bond acceptors (Lipinski definition) is 7. The molecule has 8 nitrogen and oxygen atoms in total. The maximum absolute atomic E-state index is 14.8. The number of aliphatic carboxylic acids is 1. The maximum atomic E-state index is 14.8.